The third kappa shape index (κ3) is 3.47. The Morgan fingerprint density at radius 1 is 1.47 bits per heavy atom. The van der Waals surface area contributed by atoms with Gasteiger partial charge in [-0.3, -0.25) is 9.48 Å². The number of nitrogens with zero attached hydrogens (tertiary/aromatic N) is 3. The Bertz CT molecular complexity index is 573. The molecule has 0 radical (unpaired) electrons. The average Bonchev–Trinajstić information content (AvgIpc) is 2.93. The van der Waals surface area contributed by atoms with Crippen molar-refractivity contribution in [2.24, 2.45) is 7.05 Å². The zero-order valence-electron chi connectivity index (χ0n) is 11.1. The van der Waals surface area contributed by atoms with E-state index in [1.807, 2.05) is 30.1 Å². The molecule has 2 rings (SSSR count). The van der Waals surface area contributed by atoms with Crippen LogP contribution < -0.4 is 5.32 Å². The lowest BCUT2D eigenvalue weighted by molar-refractivity contribution is 0.0941. The van der Waals surface area contributed by atoms with Gasteiger partial charge in [-0.15, -0.1) is 0 Å². The lowest BCUT2D eigenvalue weighted by Gasteiger charge is -2.07. The van der Waals surface area contributed by atoms with Crippen LogP contribution in [0.15, 0.2) is 29.1 Å². The minimum absolute atomic E-state index is 0.0667. The molecule has 2 heterocycles. The van der Waals surface area contributed by atoms with Gasteiger partial charge in [0.25, 0.3) is 5.91 Å². The minimum atomic E-state index is -0.0667. The maximum atomic E-state index is 12.2. The molecule has 6 heteroatoms. The number of carbonyl (C=O) groups is 1. The van der Waals surface area contributed by atoms with Crippen molar-refractivity contribution in [3.63, 3.8) is 0 Å². The third-order valence-corrected chi connectivity index (χ3v) is 3.21. The van der Waals surface area contributed by atoms with Gasteiger partial charge in [0.05, 0.1) is 6.20 Å². The number of carbonyl (C=O) groups excluding carboxylic acids is 1. The number of aromatic nitrogens is 3. The first-order chi connectivity index (χ1) is 9.10. The van der Waals surface area contributed by atoms with Crippen LogP contribution in [0.4, 0.5) is 0 Å². The number of aryl methyl sites for hydroxylation is 2. The van der Waals surface area contributed by atoms with E-state index in [2.05, 4.69) is 33.3 Å². The first kappa shape index (κ1) is 13.9. The zero-order chi connectivity index (χ0) is 13.8. The Morgan fingerprint density at radius 2 is 2.26 bits per heavy atom. The van der Waals surface area contributed by atoms with Crippen molar-refractivity contribution < 1.29 is 4.79 Å². The van der Waals surface area contributed by atoms with Crippen LogP contribution >= 0.6 is 15.9 Å². The summed E-state index contributed by atoms with van der Waals surface area (Å²) in [5, 5.41) is 6.98. The van der Waals surface area contributed by atoms with Gasteiger partial charge in [-0.1, -0.05) is 6.92 Å². The van der Waals surface area contributed by atoms with E-state index >= 15 is 0 Å². The molecule has 1 amide bonds. The number of nitrogens with one attached hydrogen (secondary N) is 1. The topological polar surface area (TPSA) is 51.9 Å². The standard InChI is InChI=1S/C13H17BrN4O/c1-3-4-18-9-11(14)5-12(18)13(19)15-6-10-7-16-17(2)8-10/h5,7-9H,3-4,6H2,1-2H3,(H,15,19). The van der Waals surface area contributed by atoms with Crippen molar-refractivity contribution in [3.05, 3.63) is 40.4 Å². The van der Waals surface area contributed by atoms with E-state index in [1.165, 1.54) is 0 Å². The van der Waals surface area contributed by atoms with Crippen LogP contribution in [0.3, 0.4) is 0 Å². The minimum Gasteiger partial charge on any atom is -0.347 e. The van der Waals surface area contributed by atoms with E-state index in [0.29, 0.717) is 12.2 Å². The van der Waals surface area contributed by atoms with E-state index < -0.39 is 0 Å². The lowest BCUT2D eigenvalue weighted by Crippen LogP contribution is -2.25. The van der Waals surface area contributed by atoms with Crippen LogP contribution in [0, 0.1) is 0 Å². The normalized spacial score (nSPS) is 10.7. The Kier molecular flexibility index (Phi) is 4.42. The summed E-state index contributed by atoms with van der Waals surface area (Å²) in [5.74, 6) is -0.0667. The van der Waals surface area contributed by atoms with Gasteiger partial charge in [0.15, 0.2) is 0 Å². The molecule has 102 valence electrons. The summed E-state index contributed by atoms with van der Waals surface area (Å²) >= 11 is 3.41. The molecule has 0 saturated heterocycles. The van der Waals surface area contributed by atoms with Crippen LogP contribution in [0.2, 0.25) is 0 Å². The fourth-order valence-corrected chi connectivity index (χ4v) is 2.39. The lowest BCUT2D eigenvalue weighted by atomic mass is 10.3. The number of amides is 1. The van der Waals surface area contributed by atoms with Crippen LogP contribution in [0.25, 0.3) is 0 Å². The maximum absolute atomic E-state index is 12.2. The van der Waals surface area contributed by atoms with Gasteiger partial charge in [-0.25, -0.2) is 0 Å². The Hall–Kier alpha value is -1.56. The predicted octanol–water partition coefficient (Wildman–Crippen LogP) is 2.32. The summed E-state index contributed by atoms with van der Waals surface area (Å²) in [7, 11) is 1.86. The SMILES string of the molecule is CCCn1cc(Br)cc1C(=O)NCc1cnn(C)c1. The molecule has 0 aliphatic carbocycles. The smallest absolute Gasteiger partial charge is 0.268 e. The highest BCUT2D eigenvalue weighted by Crippen LogP contribution is 2.15. The van der Waals surface area contributed by atoms with E-state index in [4.69, 9.17) is 0 Å². The summed E-state index contributed by atoms with van der Waals surface area (Å²) in [6.07, 6.45) is 6.56. The Balaban J connectivity index is 2.03. The molecule has 2 aromatic heterocycles. The van der Waals surface area contributed by atoms with Crippen molar-refractivity contribution >= 4 is 21.8 Å². The molecule has 0 aromatic carbocycles. The summed E-state index contributed by atoms with van der Waals surface area (Å²) < 4.78 is 4.60. The number of rotatable bonds is 5. The van der Waals surface area contributed by atoms with Gasteiger partial charge in [0, 0.05) is 42.6 Å². The van der Waals surface area contributed by atoms with Crippen LogP contribution in [0.1, 0.15) is 29.4 Å². The summed E-state index contributed by atoms with van der Waals surface area (Å²) in [6.45, 7) is 3.41. The quantitative estimate of drug-likeness (QED) is 0.917. The molecule has 0 bridgehead atoms. The van der Waals surface area contributed by atoms with Gasteiger partial charge in [-0.05, 0) is 28.4 Å². The third-order valence-electron chi connectivity index (χ3n) is 2.77. The molecule has 0 spiro atoms. The molecular formula is C13H17BrN4O. The Labute approximate surface area is 120 Å². The fourth-order valence-electron chi connectivity index (χ4n) is 1.93. The number of halogens is 1. The van der Waals surface area contributed by atoms with E-state index in [-0.39, 0.29) is 5.91 Å². The average molecular weight is 325 g/mol. The van der Waals surface area contributed by atoms with Crippen molar-refractivity contribution in [1.82, 2.24) is 19.7 Å². The van der Waals surface area contributed by atoms with Gasteiger partial charge in [0.1, 0.15) is 5.69 Å². The summed E-state index contributed by atoms with van der Waals surface area (Å²) in [6, 6.07) is 1.84. The van der Waals surface area contributed by atoms with Crippen LogP contribution in [-0.4, -0.2) is 20.3 Å². The molecule has 0 aliphatic rings. The molecule has 0 aliphatic heterocycles. The van der Waals surface area contributed by atoms with E-state index in [9.17, 15) is 4.79 Å². The molecule has 0 fully saturated rings. The monoisotopic (exact) mass is 324 g/mol. The number of hydrogen-bond acceptors (Lipinski definition) is 2. The van der Waals surface area contributed by atoms with Crippen molar-refractivity contribution in [2.45, 2.75) is 26.4 Å². The second-order valence-electron chi connectivity index (χ2n) is 4.44. The van der Waals surface area contributed by atoms with Crippen LogP contribution in [0.5, 0.6) is 0 Å². The molecule has 0 atom stereocenters. The second kappa shape index (κ2) is 6.06. The second-order valence-corrected chi connectivity index (χ2v) is 5.36. The number of hydrogen-bond donors (Lipinski definition) is 1. The maximum Gasteiger partial charge on any atom is 0.268 e. The molecule has 19 heavy (non-hydrogen) atoms. The van der Waals surface area contributed by atoms with Crippen LogP contribution in [-0.2, 0) is 20.1 Å². The molecule has 0 saturated carbocycles. The van der Waals surface area contributed by atoms with Gasteiger partial charge in [0.2, 0.25) is 0 Å². The molecule has 0 unspecified atom stereocenters. The zero-order valence-corrected chi connectivity index (χ0v) is 12.6. The highest BCUT2D eigenvalue weighted by atomic mass is 79.9. The first-order valence-electron chi connectivity index (χ1n) is 6.21. The first-order valence-corrected chi connectivity index (χ1v) is 7.01. The fraction of sp³-hybridized carbons (Fsp3) is 0.385. The predicted molar refractivity (Wildman–Crippen MR) is 76.8 cm³/mol. The Morgan fingerprint density at radius 3 is 2.89 bits per heavy atom. The van der Waals surface area contributed by atoms with E-state index in [1.54, 1.807) is 10.9 Å². The van der Waals surface area contributed by atoms with E-state index in [0.717, 1.165) is 23.0 Å². The molecule has 2 aromatic rings. The molecule has 1 N–H and O–H groups in total. The molecule has 5 nitrogen and oxygen atoms in total. The largest absolute Gasteiger partial charge is 0.347 e. The van der Waals surface area contributed by atoms with Crippen molar-refractivity contribution in [2.75, 3.05) is 0 Å². The van der Waals surface area contributed by atoms with Crippen molar-refractivity contribution in [3.8, 4) is 0 Å². The van der Waals surface area contributed by atoms with Gasteiger partial charge in [-0.2, -0.15) is 5.10 Å². The van der Waals surface area contributed by atoms with Gasteiger partial charge < -0.3 is 9.88 Å². The van der Waals surface area contributed by atoms with Crippen molar-refractivity contribution in [1.29, 1.82) is 0 Å². The summed E-state index contributed by atoms with van der Waals surface area (Å²) in [4.78, 5) is 12.2. The molecular weight excluding hydrogens is 308 g/mol. The van der Waals surface area contributed by atoms with Gasteiger partial charge >= 0.3 is 0 Å². The highest BCUT2D eigenvalue weighted by molar-refractivity contribution is 9.10. The highest BCUT2D eigenvalue weighted by Gasteiger charge is 2.12. The summed E-state index contributed by atoms with van der Waals surface area (Å²) in [5.41, 5.74) is 1.67.